The van der Waals surface area contributed by atoms with Crippen molar-refractivity contribution in [2.45, 2.75) is 6.04 Å². The van der Waals surface area contributed by atoms with Crippen molar-refractivity contribution in [1.29, 1.82) is 0 Å². The molecule has 3 heterocycles. The van der Waals surface area contributed by atoms with Crippen LogP contribution >= 0.6 is 11.3 Å². The maximum atomic E-state index is 10.5. The van der Waals surface area contributed by atoms with Crippen molar-refractivity contribution >= 4 is 16.3 Å². The zero-order valence-electron chi connectivity index (χ0n) is 11.9. The first-order valence-electron chi connectivity index (χ1n) is 6.77. The summed E-state index contributed by atoms with van der Waals surface area (Å²) in [7, 11) is 0. The van der Waals surface area contributed by atoms with Gasteiger partial charge in [-0.1, -0.05) is 23.5 Å². The van der Waals surface area contributed by atoms with Crippen LogP contribution in [0.25, 0.3) is 4.96 Å². The first-order valence-corrected chi connectivity index (χ1v) is 7.58. The highest BCUT2D eigenvalue weighted by molar-refractivity contribution is 7.17. The average molecular weight is 316 g/mol. The highest BCUT2D eigenvalue weighted by Crippen LogP contribution is 2.39. The number of nitrogens with zero attached hydrogens (tertiary/aromatic N) is 4. The van der Waals surface area contributed by atoms with Crippen molar-refractivity contribution in [1.82, 2.24) is 19.5 Å². The van der Waals surface area contributed by atoms with E-state index in [4.69, 9.17) is 4.42 Å². The molecule has 114 valence electrons. The van der Waals surface area contributed by atoms with E-state index < -0.39 is 0 Å². The smallest absolute Gasteiger partial charge is 0.230 e. The lowest BCUT2D eigenvalue weighted by atomic mass is 10.1. The van der Waals surface area contributed by atoms with Crippen molar-refractivity contribution in [2.75, 3.05) is 13.1 Å². The van der Waals surface area contributed by atoms with Gasteiger partial charge in [0.05, 0.1) is 11.1 Å². The molecular formula is C15H16N4O2S. The highest BCUT2D eigenvalue weighted by Gasteiger charge is 2.30. The maximum Gasteiger partial charge on any atom is 0.230 e. The molecule has 0 amide bonds. The van der Waals surface area contributed by atoms with E-state index in [1.54, 1.807) is 6.26 Å². The molecule has 1 N–H and O–H groups in total. The van der Waals surface area contributed by atoms with Gasteiger partial charge in [0.1, 0.15) is 18.1 Å². The normalized spacial score (nSPS) is 12.8. The molecule has 3 aromatic heterocycles. The van der Waals surface area contributed by atoms with E-state index >= 15 is 0 Å². The van der Waals surface area contributed by atoms with Crippen LogP contribution in [0.3, 0.4) is 0 Å². The fourth-order valence-electron chi connectivity index (χ4n) is 2.41. The molecule has 0 bridgehead atoms. The van der Waals surface area contributed by atoms with E-state index in [0.29, 0.717) is 18.1 Å². The zero-order chi connectivity index (χ0) is 15.5. The molecule has 0 spiro atoms. The lowest BCUT2D eigenvalue weighted by Crippen LogP contribution is -2.29. The Balaban J connectivity index is 2.11. The van der Waals surface area contributed by atoms with Gasteiger partial charge in [-0.3, -0.25) is 4.90 Å². The maximum absolute atomic E-state index is 10.5. The van der Waals surface area contributed by atoms with E-state index in [9.17, 15) is 5.11 Å². The summed E-state index contributed by atoms with van der Waals surface area (Å²) in [6, 6.07) is 3.47. The predicted molar refractivity (Wildman–Crippen MR) is 85.0 cm³/mol. The third kappa shape index (κ3) is 2.44. The largest absolute Gasteiger partial charge is 0.492 e. The minimum atomic E-state index is -0.250. The number of rotatable bonds is 7. The number of furan rings is 1. The Kier molecular flexibility index (Phi) is 4.08. The molecule has 0 saturated heterocycles. The van der Waals surface area contributed by atoms with Gasteiger partial charge in [-0.05, 0) is 12.1 Å². The topological polar surface area (TPSA) is 66.8 Å². The average Bonchev–Trinajstić information content (AvgIpc) is 3.21. The van der Waals surface area contributed by atoms with Crippen molar-refractivity contribution in [2.24, 2.45) is 0 Å². The SMILES string of the molecule is C=CCN(CC=C)C(c1ccco1)c1sc2ncnn2c1O. The number of hydrogen-bond donors (Lipinski definition) is 1. The van der Waals surface area contributed by atoms with E-state index in [1.165, 1.54) is 22.2 Å². The zero-order valence-corrected chi connectivity index (χ0v) is 12.7. The summed E-state index contributed by atoms with van der Waals surface area (Å²) in [5, 5.41) is 14.5. The summed E-state index contributed by atoms with van der Waals surface area (Å²) < 4.78 is 7.01. The standard InChI is InChI=1S/C15H16N4O2S/c1-3-7-18(8-4-2)12(11-6-5-9-21-11)13-14(20)19-15(22-13)16-10-17-19/h3-6,9-10,12,20H,1-2,7-8H2. The number of hydrogen-bond acceptors (Lipinski definition) is 6. The fourth-order valence-corrected chi connectivity index (χ4v) is 3.48. The van der Waals surface area contributed by atoms with Gasteiger partial charge in [0.2, 0.25) is 10.8 Å². The van der Waals surface area contributed by atoms with Crippen LogP contribution in [0.5, 0.6) is 5.88 Å². The summed E-state index contributed by atoms with van der Waals surface area (Å²) >= 11 is 1.39. The first-order chi connectivity index (χ1) is 10.8. The second kappa shape index (κ2) is 6.17. The van der Waals surface area contributed by atoms with Crippen LogP contribution in [0.2, 0.25) is 0 Å². The van der Waals surface area contributed by atoms with Gasteiger partial charge in [-0.25, -0.2) is 4.98 Å². The van der Waals surface area contributed by atoms with Crippen LogP contribution in [0.15, 0.2) is 54.5 Å². The Bertz CT molecular complexity index is 765. The van der Waals surface area contributed by atoms with Crippen LogP contribution in [0.4, 0.5) is 0 Å². The summed E-state index contributed by atoms with van der Waals surface area (Å²) in [5.74, 6) is 0.820. The highest BCUT2D eigenvalue weighted by atomic mass is 32.1. The summed E-state index contributed by atoms with van der Waals surface area (Å²) in [6.45, 7) is 8.86. The van der Waals surface area contributed by atoms with Gasteiger partial charge in [-0.15, -0.1) is 13.2 Å². The molecule has 0 saturated carbocycles. The van der Waals surface area contributed by atoms with Gasteiger partial charge < -0.3 is 9.52 Å². The molecule has 6 nitrogen and oxygen atoms in total. The Labute approximate surface area is 131 Å². The number of aromatic nitrogens is 3. The van der Waals surface area contributed by atoms with E-state index in [0.717, 1.165) is 10.6 Å². The van der Waals surface area contributed by atoms with Crippen molar-refractivity contribution in [3.05, 3.63) is 60.7 Å². The lowest BCUT2D eigenvalue weighted by Gasteiger charge is -2.27. The minimum absolute atomic E-state index is 0.0806. The number of fused-ring (bicyclic) bond motifs is 1. The minimum Gasteiger partial charge on any atom is -0.492 e. The van der Waals surface area contributed by atoms with Gasteiger partial charge in [0.25, 0.3) is 0 Å². The van der Waals surface area contributed by atoms with Crippen LogP contribution in [-0.4, -0.2) is 37.7 Å². The first kappa shape index (κ1) is 14.6. The molecule has 22 heavy (non-hydrogen) atoms. The fraction of sp³-hybridized carbons (Fsp3) is 0.200. The molecule has 3 rings (SSSR count). The third-order valence-electron chi connectivity index (χ3n) is 3.29. The predicted octanol–water partition coefficient (Wildman–Crippen LogP) is 2.85. The quantitative estimate of drug-likeness (QED) is 0.679. The summed E-state index contributed by atoms with van der Waals surface area (Å²) in [5.41, 5.74) is 0. The molecule has 0 aliphatic carbocycles. The molecule has 1 atom stereocenters. The summed E-state index contributed by atoms with van der Waals surface area (Å²) in [6.07, 6.45) is 6.67. The van der Waals surface area contributed by atoms with Crippen molar-refractivity contribution in [3.63, 3.8) is 0 Å². The monoisotopic (exact) mass is 316 g/mol. The van der Waals surface area contributed by atoms with Crippen LogP contribution in [0.1, 0.15) is 16.7 Å². The van der Waals surface area contributed by atoms with Gasteiger partial charge in [0.15, 0.2) is 0 Å². The van der Waals surface area contributed by atoms with E-state index in [-0.39, 0.29) is 11.9 Å². The lowest BCUT2D eigenvalue weighted by molar-refractivity contribution is 0.244. The van der Waals surface area contributed by atoms with E-state index in [2.05, 4.69) is 28.1 Å². The second-order valence-electron chi connectivity index (χ2n) is 4.69. The molecule has 7 heteroatoms. The molecule has 1 unspecified atom stereocenters. The van der Waals surface area contributed by atoms with Gasteiger partial charge in [0, 0.05) is 13.1 Å². The number of thiazole rings is 1. The Morgan fingerprint density at radius 3 is 2.77 bits per heavy atom. The molecule has 0 aliphatic heterocycles. The van der Waals surface area contributed by atoms with Gasteiger partial charge >= 0.3 is 0 Å². The second-order valence-corrected chi connectivity index (χ2v) is 5.70. The molecule has 0 aliphatic rings. The Morgan fingerprint density at radius 2 is 2.18 bits per heavy atom. The van der Waals surface area contributed by atoms with Gasteiger partial charge in [-0.2, -0.15) is 9.61 Å². The van der Waals surface area contributed by atoms with Crippen molar-refractivity contribution in [3.8, 4) is 5.88 Å². The molecule has 0 radical (unpaired) electrons. The van der Waals surface area contributed by atoms with Crippen molar-refractivity contribution < 1.29 is 9.52 Å². The molecule has 3 aromatic rings. The number of aromatic hydroxyl groups is 1. The van der Waals surface area contributed by atoms with Crippen LogP contribution in [-0.2, 0) is 0 Å². The molecule has 0 fully saturated rings. The summed E-state index contributed by atoms with van der Waals surface area (Å²) in [4.78, 5) is 7.61. The third-order valence-corrected chi connectivity index (χ3v) is 4.38. The molecular weight excluding hydrogens is 300 g/mol. The molecule has 0 aromatic carbocycles. The Hall–Kier alpha value is -2.38. The van der Waals surface area contributed by atoms with E-state index in [1.807, 2.05) is 24.3 Å². The van der Waals surface area contributed by atoms with Crippen LogP contribution in [0, 0.1) is 0 Å². The Morgan fingerprint density at radius 1 is 1.41 bits per heavy atom. The van der Waals surface area contributed by atoms with Crippen LogP contribution < -0.4 is 0 Å².